The Bertz CT molecular complexity index is 323. The fraction of sp³-hybridized carbons (Fsp3) is 0.455. The first kappa shape index (κ1) is 11.1. The molecule has 1 aromatic rings. The first-order valence-corrected chi connectivity index (χ1v) is 4.64. The lowest BCUT2D eigenvalue weighted by Crippen LogP contribution is -2.34. The molecule has 0 aromatic heterocycles. The van der Waals surface area contributed by atoms with Crippen LogP contribution >= 0.6 is 0 Å². The van der Waals surface area contributed by atoms with Crippen molar-refractivity contribution in [2.24, 2.45) is 5.73 Å². The second-order valence-corrected chi connectivity index (χ2v) is 3.85. The topological polar surface area (TPSA) is 46.2 Å². The number of rotatable bonds is 3. The highest BCUT2D eigenvalue weighted by molar-refractivity contribution is 5.32. The van der Waals surface area contributed by atoms with Crippen LogP contribution in [0.4, 0.5) is 4.39 Å². The van der Waals surface area contributed by atoms with Gasteiger partial charge in [0.05, 0.1) is 0 Å². The fourth-order valence-corrected chi connectivity index (χ4v) is 1.63. The van der Waals surface area contributed by atoms with E-state index in [2.05, 4.69) is 0 Å². The molecular formula is C11H16FNO. The van der Waals surface area contributed by atoms with Crippen LogP contribution in [0.15, 0.2) is 18.2 Å². The van der Waals surface area contributed by atoms with E-state index < -0.39 is 5.54 Å². The third-order valence-electron chi connectivity index (χ3n) is 2.43. The number of aliphatic hydroxyl groups excluding tert-OH is 1. The van der Waals surface area contributed by atoms with E-state index in [1.165, 1.54) is 12.1 Å². The Labute approximate surface area is 83.6 Å². The Balaban J connectivity index is 3.06. The largest absolute Gasteiger partial charge is 0.396 e. The Kier molecular flexibility index (Phi) is 3.24. The maximum atomic E-state index is 12.8. The summed E-state index contributed by atoms with van der Waals surface area (Å²) in [5.74, 6) is -0.258. The molecule has 0 saturated carbocycles. The summed E-state index contributed by atoms with van der Waals surface area (Å²) in [6.45, 7) is 3.69. The number of benzene rings is 1. The summed E-state index contributed by atoms with van der Waals surface area (Å²) >= 11 is 0. The van der Waals surface area contributed by atoms with Gasteiger partial charge in [-0.05, 0) is 43.5 Å². The van der Waals surface area contributed by atoms with Crippen molar-refractivity contribution in [3.8, 4) is 0 Å². The highest BCUT2D eigenvalue weighted by Crippen LogP contribution is 2.24. The summed E-state index contributed by atoms with van der Waals surface area (Å²) < 4.78 is 12.8. The highest BCUT2D eigenvalue weighted by Gasteiger charge is 2.22. The molecule has 0 saturated heterocycles. The molecule has 0 amide bonds. The number of aliphatic hydroxyl groups is 1. The van der Waals surface area contributed by atoms with E-state index >= 15 is 0 Å². The van der Waals surface area contributed by atoms with Gasteiger partial charge in [-0.25, -0.2) is 4.39 Å². The quantitative estimate of drug-likeness (QED) is 0.774. The molecule has 14 heavy (non-hydrogen) atoms. The second kappa shape index (κ2) is 4.07. The Morgan fingerprint density at radius 3 is 2.64 bits per heavy atom. The van der Waals surface area contributed by atoms with Crippen LogP contribution in [0, 0.1) is 12.7 Å². The second-order valence-electron chi connectivity index (χ2n) is 3.85. The highest BCUT2D eigenvalue weighted by atomic mass is 19.1. The SMILES string of the molecule is Cc1cc(F)ccc1C(C)(N)CCO. The maximum absolute atomic E-state index is 12.8. The van der Waals surface area contributed by atoms with Crippen molar-refractivity contribution in [3.05, 3.63) is 35.1 Å². The normalized spacial score (nSPS) is 15.2. The molecule has 0 heterocycles. The van der Waals surface area contributed by atoms with Crippen molar-refractivity contribution in [1.82, 2.24) is 0 Å². The molecule has 0 aliphatic rings. The van der Waals surface area contributed by atoms with Gasteiger partial charge < -0.3 is 10.8 Å². The van der Waals surface area contributed by atoms with Gasteiger partial charge in [0.1, 0.15) is 5.82 Å². The molecule has 3 heteroatoms. The van der Waals surface area contributed by atoms with Gasteiger partial charge in [-0.1, -0.05) is 6.07 Å². The smallest absolute Gasteiger partial charge is 0.123 e. The molecule has 0 fully saturated rings. The molecule has 3 N–H and O–H groups in total. The van der Waals surface area contributed by atoms with Crippen molar-refractivity contribution < 1.29 is 9.50 Å². The minimum atomic E-state index is -0.591. The van der Waals surface area contributed by atoms with Crippen LogP contribution in [0.25, 0.3) is 0 Å². The van der Waals surface area contributed by atoms with Gasteiger partial charge in [0.15, 0.2) is 0 Å². The minimum Gasteiger partial charge on any atom is -0.396 e. The van der Waals surface area contributed by atoms with E-state index in [4.69, 9.17) is 10.8 Å². The average Bonchev–Trinajstić information content (AvgIpc) is 2.02. The average molecular weight is 197 g/mol. The van der Waals surface area contributed by atoms with Crippen LogP contribution in [0.2, 0.25) is 0 Å². The van der Waals surface area contributed by atoms with Crippen LogP contribution < -0.4 is 5.73 Å². The number of nitrogens with two attached hydrogens (primary N) is 1. The molecule has 1 aromatic carbocycles. The molecular weight excluding hydrogens is 181 g/mol. The van der Waals surface area contributed by atoms with Crippen LogP contribution in [0.3, 0.4) is 0 Å². The van der Waals surface area contributed by atoms with Crippen molar-refractivity contribution in [1.29, 1.82) is 0 Å². The summed E-state index contributed by atoms with van der Waals surface area (Å²) in [5, 5.41) is 8.85. The molecule has 0 aliphatic carbocycles. The van der Waals surface area contributed by atoms with Crippen molar-refractivity contribution >= 4 is 0 Å². The van der Waals surface area contributed by atoms with E-state index in [0.29, 0.717) is 6.42 Å². The first-order chi connectivity index (χ1) is 6.47. The summed E-state index contributed by atoms with van der Waals surface area (Å²) in [6, 6.07) is 4.53. The van der Waals surface area contributed by atoms with Crippen LogP contribution in [-0.2, 0) is 5.54 Å². The van der Waals surface area contributed by atoms with Crippen LogP contribution in [0.5, 0.6) is 0 Å². The number of aryl methyl sites for hydroxylation is 1. The summed E-state index contributed by atoms with van der Waals surface area (Å²) in [6.07, 6.45) is 0.472. The molecule has 0 aliphatic heterocycles. The summed E-state index contributed by atoms with van der Waals surface area (Å²) in [4.78, 5) is 0. The van der Waals surface area contributed by atoms with Gasteiger partial charge in [0.25, 0.3) is 0 Å². The van der Waals surface area contributed by atoms with Crippen molar-refractivity contribution in [2.45, 2.75) is 25.8 Å². The molecule has 0 radical (unpaired) electrons. The van der Waals surface area contributed by atoms with E-state index in [-0.39, 0.29) is 12.4 Å². The van der Waals surface area contributed by atoms with E-state index in [0.717, 1.165) is 11.1 Å². The summed E-state index contributed by atoms with van der Waals surface area (Å²) in [7, 11) is 0. The molecule has 1 unspecified atom stereocenters. The molecule has 0 bridgehead atoms. The third kappa shape index (κ3) is 2.30. The van der Waals surface area contributed by atoms with Gasteiger partial charge in [-0.15, -0.1) is 0 Å². The van der Waals surface area contributed by atoms with E-state index in [1.54, 1.807) is 6.07 Å². The third-order valence-corrected chi connectivity index (χ3v) is 2.43. The van der Waals surface area contributed by atoms with E-state index in [1.807, 2.05) is 13.8 Å². The van der Waals surface area contributed by atoms with Crippen molar-refractivity contribution in [3.63, 3.8) is 0 Å². The molecule has 1 rings (SSSR count). The predicted octanol–water partition coefficient (Wildman–Crippen LogP) is 1.69. The van der Waals surface area contributed by atoms with Gasteiger partial charge in [0.2, 0.25) is 0 Å². The van der Waals surface area contributed by atoms with Gasteiger partial charge >= 0.3 is 0 Å². The van der Waals surface area contributed by atoms with Gasteiger partial charge in [0, 0.05) is 12.1 Å². The van der Waals surface area contributed by atoms with Crippen molar-refractivity contribution in [2.75, 3.05) is 6.61 Å². The van der Waals surface area contributed by atoms with E-state index in [9.17, 15) is 4.39 Å². The Hall–Kier alpha value is -0.930. The summed E-state index contributed by atoms with van der Waals surface area (Å²) in [5.41, 5.74) is 7.13. The molecule has 78 valence electrons. The Morgan fingerprint density at radius 1 is 1.50 bits per heavy atom. The zero-order chi connectivity index (χ0) is 10.8. The fourth-order valence-electron chi connectivity index (χ4n) is 1.63. The zero-order valence-electron chi connectivity index (χ0n) is 8.55. The Morgan fingerprint density at radius 2 is 2.14 bits per heavy atom. The lowest BCUT2D eigenvalue weighted by molar-refractivity contribution is 0.247. The van der Waals surface area contributed by atoms with Crippen LogP contribution in [-0.4, -0.2) is 11.7 Å². The molecule has 1 atom stereocenters. The van der Waals surface area contributed by atoms with Gasteiger partial charge in [-0.3, -0.25) is 0 Å². The van der Waals surface area contributed by atoms with Crippen LogP contribution in [0.1, 0.15) is 24.5 Å². The molecule has 2 nitrogen and oxygen atoms in total. The lowest BCUT2D eigenvalue weighted by atomic mass is 9.87. The zero-order valence-corrected chi connectivity index (χ0v) is 8.55. The monoisotopic (exact) mass is 197 g/mol. The predicted molar refractivity (Wildman–Crippen MR) is 54.4 cm³/mol. The number of hydrogen-bond donors (Lipinski definition) is 2. The lowest BCUT2D eigenvalue weighted by Gasteiger charge is -2.26. The maximum Gasteiger partial charge on any atom is 0.123 e. The minimum absolute atomic E-state index is 0.0316. The first-order valence-electron chi connectivity index (χ1n) is 4.64. The van der Waals surface area contributed by atoms with Gasteiger partial charge in [-0.2, -0.15) is 0 Å². The standard InChI is InChI=1S/C11H16FNO/c1-8-7-9(12)3-4-10(8)11(2,13)5-6-14/h3-4,7,14H,5-6,13H2,1-2H3. The molecule has 0 spiro atoms. The number of halogens is 1. The number of hydrogen-bond acceptors (Lipinski definition) is 2.